The minimum absolute atomic E-state index is 0.0431. The number of aryl methyl sites for hydroxylation is 3. The normalized spacial score (nSPS) is 19.4. The number of benzene rings is 3. The van der Waals surface area contributed by atoms with Crippen LogP contribution in [0.2, 0.25) is 0 Å². The van der Waals surface area contributed by atoms with Crippen molar-refractivity contribution >= 4 is 0 Å². The molecular formula is C32H39F. The summed E-state index contributed by atoms with van der Waals surface area (Å²) in [5.74, 6) is 2.18. The minimum Gasteiger partial charge on any atom is -0.207 e. The molecule has 0 spiro atoms. The summed E-state index contributed by atoms with van der Waals surface area (Å²) >= 11 is 0. The molecule has 0 amide bonds. The van der Waals surface area contributed by atoms with Crippen LogP contribution in [-0.4, -0.2) is 0 Å². The van der Waals surface area contributed by atoms with Crippen LogP contribution in [0.5, 0.6) is 0 Å². The summed E-state index contributed by atoms with van der Waals surface area (Å²) in [5, 5.41) is 0. The maximum absolute atomic E-state index is 14.2. The van der Waals surface area contributed by atoms with Gasteiger partial charge in [0.25, 0.3) is 0 Å². The van der Waals surface area contributed by atoms with E-state index in [1.54, 1.807) is 6.07 Å². The van der Waals surface area contributed by atoms with Crippen molar-refractivity contribution in [2.45, 2.75) is 83.5 Å². The lowest BCUT2D eigenvalue weighted by Gasteiger charge is -2.30. The van der Waals surface area contributed by atoms with Gasteiger partial charge in [-0.15, -0.1) is 0 Å². The van der Waals surface area contributed by atoms with Gasteiger partial charge in [0.05, 0.1) is 0 Å². The van der Waals surface area contributed by atoms with Gasteiger partial charge in [-0.25, -0.2) is 4.39 Å². The Bertz CT molecular complexity index is 981. The van der Waals surface area contributed by atoms with E-state index in [-0.39, 0.29) is 5.82 Å². The van der Waals surface area contributed by atoms with Crippen LogP contribution in [0, 0.1) is 11.7 Å². The highest BCUT2D eigenvalue weighted by Gasteiger charge is 2.24. The van der Waals surface area contributed by atoms with Gasteiger partial charge < -0.3 is 0 Å². The molecule has 1 aliphatic carbocycles. The van der Waals surface area contributed by atoms with Crippen LogP contribution < -0.4 is 0 Å². The van der Waals surface area contributed by atoms with Crippen LogP contribution in [-0.2, 0) is 19.3 Å². The molecule has 4 rings (SSSR count). The molecule has 0 bridgehead atoms. The van der Waals surface area contributed by atoms with Gasteiger partial charge in [0.1, 0.15) is 5.82 Å². The quantitative estimate of drug-likeness (QED) is 0.310. The van der Waals surface area contributed by atoms with Crippen LogP contribution >= 0.6 is 0 Å². The van der Waals surface area contributed by atoms with Crippen molar-refractivity contribution in [3.63, 3.8) is 0 Å². The van der Waals surface area contributed by atoms with Crippen LogP contribution in [0.15, 0.2) is 72.8 Å². The zero-order valence-electron chi connectivity index (χ0n) is 20.4. The van der Waals surface area contributed by atoms with Crippen LogP contribution in [0.4, 0.5) is 4.39 Å². The molecule has 1 aliphatic rings. The molecular weight excluding hydrogens is 403 g/mol. The lowest BCUT2D eigenvalue weighted by atomic mass is 9.75. The fourth-order valence-corrected chi connectivity index (χ4v) is 5.61. The first-order valence-corrected chi connectivity index (χ1v) is 13.0. The summed E-state index contributed by atoms with van der Waals surface area (Å²) in [7, 11) is 0. The van der Waals surface area contributed by atoms with Crippen molar-refractivity contribution in [2.75, 3.05) is 0 Å². The molecule has 3 aromatic carbocycles. The molecule has 0 N–H and O–H groups in total. The van der Waals surface area contributed by atoms with Crippen LogP contribution in [0.1, 0.15) is 92.0 Å². The van der Waals surface area contributed by atoms with Crippen molar-refractivity contribution in [1.82, 2.24) is 0 Å². The molecule has 3 aromatic rings. The first kappa shape index (κ1) is 23.7. The second-order valence-corrected chi connectivity index (χ2v) is 10.2. The Labute approximate surface area is 200 Å². The van der Waals surface area contributed by atoms with E-state index in [9.17, 15) is 4.39 Å². The van der Waals surface area contributed by atoms with Crippen LogP contribution in [0.25, 0.3) is 0 Å². The van der Waals surface area contributed by atoms with E-state index in [0.29, 0.717) is 11.8 Å². The molecule has 0 saturated heterocycles. The summed E-state index contributed by atoms with van der Waals surface area (Å²) < 4.78 is 14.2. The molecule has 0 heterocycles. The average molecular weight is 443 g/mol. The fraction of sp³-hybridized carbons (Fsp3) is 0.438. The zero-order valence-corrected chi connectivity index (χ0v) is 20.4. The Morgan fingerprint density at radius 1 is 0.788 bits per heavy atom. The number of rotatable bonds is 9. The summed E-state index contributed by atoms with van der Waals surface area (Å²) in [6.07, 6.45) is 10.3. The van der Waals surface area contributed by atoms with Gasteiger partial charge >= 0.3 is 0 Å². The maximum Gasteiger partial charge on any atom is 0.126 e. The summed E-state index contributed by atoms with van der Waals surface area (Å²) in [6, 6.07) is 26.0. The van der Waals surface area contributed by atoms with Gasteiger partial charge in [0.15, 0.2) is 0 Å². The predicted octanol–water partition coefficient (Wildman–Crippen LogP) is 9.03. The minimum atomic E-state index is -0.0431. The summed E-state index contributed by atoms with van der Waals surface area (Å²) in [6.45, 7) is 4.48. The fourth-order valence-electron chi connectivity index (χ4n) is 5.61. The Morgan fingerprint density at radius 3 is 2.12 bits per heavy atom. The molecule has 1 fully saturated rings. The van der Waals surface area contributed by atoms with E-state index in [1.165, 1.54) is 48.8 Å². The van der Waals surface area contributed by atoms with E-state index in [1.807, 2.05) is 6.07 Å². The highest BCUT2D eigenvalue weighted by molar-refractivity contribution is 5.29. The third kappa shape index (κ3) is 6.56. The van der Waals surface area contributed by atoms with Gasteiger partial charge in [-0.3, -0.25) is 0 Å². The van der Waals surface area contributed by atoms with E-state index < -0.39 is 0 Å². The Morgan fingerprint density at radius 2 is 1.45 bits per heavy atom. The highest BCUT2D eigenvalue weighted by Crippen LogP contribution is 2.39. The predicted molar refractivity (Wildman–Crippen MR) is 138 cm³/mol. The molecule has 1 unspecified atom stereocenters. The third-order valence-corrected chi connectivity index (χ3v) is 7.69. The Balaban J connectivity index is 1.25. The van der Waals surface area contributed by atoms with Crippen molar-refractivity contribution in [3.05, 3.63) is 106 Å². The van der Waals surface area contributed by atoms with Crippen molar-refractivity contribution in [2.24, 2.45) is 5.92 Å². The number of halogens is 1. The van der Waals surface area contributed by atoms with Crippen molar-refractivity contribution < 1.29 is 4.39 Å². The molecule has 33 heavy (non-hydrogen) atoms. The monoisotopic (exact) mass is 442 g/mol. The van der Waals surface area contributed by atoms with Gasteiger partial charge in [0, 0.05) is 0 Å². The number of hydrogen-bond donors (Lipinski definition) is 0. The second-order valence-electron chi connectivity index (χ2n) is 10.2. The molecule has 1 atom stereocenters. The second kappa shape index (κ2) is 11.6. The van der Waals surface area contributed by atoms with Crippen molar-refractivity contribution in [1.29, 1.82) is 0 Å². The van der Waals surface area contributed by atoms with Gasteiger partial charge in [-0.05, 0) is 103 Å². The maximum atomic E-state index is 14.2. The summed E-state index contributed by atoms with van der Waals surface area (Å²) in [5.41, 5.74) is 6.27. The SMILES string of the molecule is CCCc1ccc(CCc2ccc(C3CCC(CC(C)c4ccccc4)CC3)cc2)cc1F. The molecule has 0 nitrogen and oxygen atoms in total. The first-order chi connectivity index (χ1) is 16.1. The molecule has 174 valence electrons. The van der Waals surface area contributed by atoms with Gasteiger partial charge in [0.2, 0.25) is 0 Å². The molecule has 0 radical (unpaired) electrons. The van der Waals surface area contributed by atoms with Crippen molar-refractivity contribution in [3.8, 4) is 0 Å². The van der Waals surface area contributed by atoms with E-state index in [0.717, 1.165) is 42.7 Å². The molecule has 0 aliphatic heterocycles. The van der Waals surface area contributed by atoms with Gasteiger partial charge in [-0.2, -0.15) is 0 Å². The highest BCUT2D eigenvalue weighted by atomic mass is 19.1. The zero-order chi connectivity index (χ0) is 23.0. The van der Waals surface area contributed by atoms with E-state index in [4.69, 9.17) is 0 Å². The third-order valence-electron chi connectivity index (χ3n) is 7.69. The number of hydrogen-bond acceptors (Lipinski definition) is 0. The standard InChI is InChI=1S/C32H39F/c1-3-7-31-21-16-27(23-32(31)33)11-10-25-12-17-29(18-13-25)30-19-14-26(15-20-30)22-24(2)28-8-5-4-6-9-28/h4-6,8-9,12-13,16-18,21,23-24,26,30H,3,7,10-11,14-15,19-20,22H2,1-2H3. The van der Waals surface area contributed by atoms with Crippen LogP contribution in [0.3, 0.4) is 0 Å². The molecule has 1 saturated carbocycles. The molecule has 0 aromatic heterocycles. The largest absolute Gasteiger partial charge is 0.207 e. The smallest absolute Gasteiger partial charge is 0.126 e. The lowest BCUT2D eigenvalue weighted by Crippen LogP contribution is -2.15. The van der Waals surface area contributed by atoms with E-state index in [2.05, 4.69) is 74.5 Å². The van der Waals surface area contributed by atoms with E-state index >= 15 is 0 Å². The molecule has 1 heteroatoms. The lowest BCUT2D eigenvalue weighted by molar-refractivity contribution is 0.297. The summed E-state index contributed by atoms with van der Waals surface area (Å²) in [4.78, 5) is 0. The Kier molecular flexibility index (Phi) is 8.37. The average Bonchev–Trinajstić information content (AvgIpc) is 2.86. The first-order valence-electron chi connectivity index (χ1n) is 13.0. The Hall–Kier alpha value is -2.41. The topological polar surface area (TPSA) is 0 Å². The van der Waals surface area contributed by atoms with Gasteiger partial charge in [-0.1, -0.05) is 87.0 Å².